The Hall–Kier alpha value is -2.84. The molecular formula is C17H11N3O3S2. The van der Waals surface area contributed by atoms with Gasteiger partial charge in [0.05, 0.1) is 5.39 Å². The highest BCUT2D eigenvalue weighted by molar-refractivity contribution is 7.18. The van der Waals surface area contributed by atoms with Crippen molar-refractivity contribution in [2.75, 3.05) is 0 Å². The Morgan fingerprint density at radius 3 is 2.76 bits per heavy atom. The van der Waals surface area contributed by atoms with Gasteiger partial charge in [-0.1, -0.05) is 12.1 Å². The highest BCUT2D eigenvalue weighted by atomic mass is 32.1. The van der Waals surface area contributed by atoms with Crippen molar-refractivity contribution >= 4 is 38.9 Å². The van der Waals surface area contributed by atoms with Gasteiger partial charge in [0.15, 0.2) is 5.82 Å². The van der Waals surface area contributed by atoms with Gasteiger partial charge >= 0.3 is 5.97 Å². The van der Waals surface area contributed by atoms with Crippen molar-refractivity contribution in [3.05, 3.63) is 57.6 Å². The maximum absolute atomic E-state index is 13.1. The van der Waals surface area contributed by atoms with Crippen molar-refractivity contribution < 1.29 is 9.90 Å². The SMILES string of the molecule is O=C(O)Cn1c(-c2ccccn2)nc2scc(-c3cccs3)c2c1=O. The number of pyridine rings is 1. The zero-order valence-electron chi connectivity index (χ0n) is 12.7. The average Bonchev–Trinajstić information content (AvgIpc) is 3.26. The fourth-order valence-electron chi connectivity index (χ4n) is 2.61. The Kier molecular flexibility index (Phi) is 3.90. The molecule has 25 heavy (non-hydrogen) atoms. The lowest BCUT2D eigenvalue weighted by Crippen LogP contribution is -2.27. The first-order valence-corrected chi connectivity index (χ1v) is 9.10. The topological polar surface area (TPSA) is 85.1 Å². The van der Waals surface area contributed by atoms with Gasteiger partial charge in [-0.25, -0.2) is 4.98 Å². The third kappa shape index (κ3) is 2.75. The van der Waals surface area contributed by atoms with Crippen molar-refractivity contribution in [3.8, 4) is 22.0 Å². The van der Waals surface area contributed by atoms with E-state index < -0.39 is 12.5 Å². The van der Waals surface area contributed by atoms with Crippen molar-refractivity contribution in [2.24, 2.45) is 0 Å². The van der Waals surface area contributed by atoms with Crippen LogP contribution >= 0.6 is 22.7 Å². The molecule has 0 aliphatic rings. The molecule has 1 N–H and O–H groups in total. The summed E-state index contributed by atoms with van der Waals surface area (Å²) < 4.78 is 1.18. The van der Waals surface area contributed by atoms with Crippen LogP contribution in [-0.4, -0.2) is 25.6 Å². The van der Waals surface area contributed by atoms with Crippen LogP contribution in [0.2, 0.25) is 0 Å². The van der Waals surface area contributed by atoms with Gasteiger partial charge < -0.3 is 5.11 Å². The zero-order valence-corrected chi connectivity index (χ0v) is 14.4. The molecule has 4 aromatic rings. The van der Waals surface area contributed by atoms with E-state index in [4.69, 9.17) is 0 Å². The summed E-state index contributed by atoms with van der Waals surface area (Å²) in [7, 11) is 0. The highest BCUT2D eigenvalue weighted by Crippen LogP contribution is 2.34. The zero-order chi connectivity index (χ0) is 17.4. The van der Waals surface area contributed by atoms with Gasteiger partial charge in [0.1, 0.15) is 17.1 Å². The first-order valence-electron chi connectivity index (χ1n) is 7.34. The van der Waals surface area contributed by atoms with Crippen molar-refractivity contribution in [1.82, 2.24) is 14.5 Å². The van der Waals surface area contributed by atoms with Crippen LogP contribution in [0.1, 0.15) is 0 Å². The van der Waals surface area contributed by atoms with Crippen LogP contribution in [0.25, 0.3) is 32.2 Å². The maximum atomic E-state index is 13.1. The predicted molar refractivity (Wildman–Crippen MR) is 98.1 cm³/mol. The van der Waals surface area contributed by atoms with Crippen LogP contribution in [0.5, 0.6) is 0 Å². The van der Waals surface area contributed by atoms with E-state index in [1.54, 1.807) is 24.4 Å². The first-order chi connectivity index (χ1) is 12.1. The molecule has 0 spiro atoms. The lowest BCUT2D eigenvalue weighted by atomic mass is 10.2. The lowest BCUT2D eigenvalue weighted by molar-refractivity contribution is -0.137. The molecule has 0 unspecified atom stereocenters. The number of hydrogen-bond acceptors (Lipinski definition) is 6. The molecule has 0 amide bonds. The van der Waals surface area contributed by atoms with Gasteiger partial charge in [-0.2, -0.15) is 0 Å². The van der Waals surface area contributed by atoms with Gasteiger partial charge in [0.25, 0.3) is 5.56 Å². The molecule has 0 saturated heterocycles. The Morgan fingerprint density at radius 2 is 2.08 bits per heavy atom. The van der Waals surface area contributed by atoms with E-state index in [1.165, 1.54) is 27.2 Å². The highest BCUT2D eigenvalue weighted by Gasteiger charge is 2.20. The van der Waals surface area contributed by atoms with Gasteiger partial charge in [0.2, 0.25) is 0 Å². The second kappa shape index (κ2) is 6.23. The molecular weight excluding hydrogens is 358 g/mol. The quantitative estimate of drug-likeness (QED) is 0.596. The number of fused-ring (bicyclic) bond motifs is 1. The average molecular weight is 369 g/mol. The molecule has 6 nitrogen and oxygen atoms in total. The number of aliphatic carboxylic acids is 1. The number of nitrogens with zero attached hydrogens (tertiary/aromatic N) is 3. The standard InChI is InChI=1S/C17H11N3O3S2/c21-13(22)8-20-15(11-4-1-2-6-18-11)19-16-14(17(20)23)10(9-25-16)12-5-3-7-24-12/h1-7,9H,8H2,(H,21,22). The van der Waals surface area contributed by atoms with Crippen LogP contribution in [0.3, 0.4) is 0 Å². The molecule has 124 valence electrons. The number of rotatable bonds is 4. The molecule has 0 aliphatic carbocycles. The minimum Gasteiger partial charge on any atom is -0.480 e. The molecule has 4 heterocycles. The Morgan fingerprint density at radius 1 is 1.20 bits per heavy atom. The van der Waals surface area contributed by atoms with Gasteiger partial charge in [-0.3, -0.25) is 19.1 Å². The van der Waals surface area contributed by atoms with Crippen LogP contribution < -0.4 is 5.56 Å². The monoisotopic (exact) mass is 369 g/mol. The summed E-state index contributed by atoms with van der Waals surface area (Å²) in [5.41, 5.74) is 0.894. The second-order valence-electron chi connectivity index (χ2n) is 5.24. The van der Waals surface area contributed by atoms with Crippen LogP contribution in [0.4, 0.5) is 0 Å². The molecule has 8 heteroatoms. The van der Waals surface area contributed by atoms with E-state index in [9.17, 15) is 14.7 Å². The third-order valence-electron chi connectivity index (χ3n) is 3.67. The van der Waals surface area contributed by atoms with Gasteiger partial charge in [-0.05, 0) is 23.6 Å². The first kappa shape index (κ1) is 15.7. The van der Waals surface area contributed by atoms with Crippen molar-refractivity contribution in [2.45, 2.75) is 6.54 Å². The van der Waals surface area contributed by atoms with E-state index in [0.717, 1.165) is 10.4 Å². The summed E-state index contributed by atoms with van der Waals surface area (Å²) in [5.74, 6) is -0.839. The molecule has 0 aliphatic heterocycles. The Balaban J connectivity index is 2.04. The summed E-state index contributed by atoms with van der Waals surface area (Å²) in [5, 5.41) is 13.5. The van der Waals surface area contributed by atoms with E-state index >= 15 is 0 Å². The number of hydrogen-bond donors (Lipinski definition) is 1. The summed E-state index contributed by atoms with van der Waals surface area (Å²) in [6, 6.07) is 9.07. The molecule has 0 bridgehead atoms. The van der Waals surface area contributed by atoms with E-state index in [0.29, 0.717) is 15.9 Å². The number of carboxylic acid groups (broad SMARTS) is 1. The fourth-order valence-corrected chi connectivity index (χ4v) is 4.36. The van der Waals surface area contributed by atoms with E-state index in [1.807, 2.05) is 22.9 Å². The van der Waals surface area contributed by atoms with Gasteiger partial charge in [0, 0.05) is 22.0 Å². The molecule has 4 aromatic heterocycles. The maximum Gasteiger partial charge on any atom is 0.323 e. The fraction of sp³-hybridized carbons (Fsp3) is 0.0588. The van der Waals surface area contributed by atoms with Crippen LogP contribution in [-0.2, 0) is 11.3 Å². The molecule has 0 radical (unpaired) electrons. The number of aromatic nitrogens is 3. The van der Waals surface area contributed by atoms with Crippen LogP contribution in [0, 0.1) is 0 Å². The number of carboxylic acids is 1. The molecule has 4 rings (SSSR count). The normalized spacial score (nSPS) is 11.0. The summed E-state index contributed by atoms with van der Waals surface area (Å²) >= 11 is 2.90. The number of thiophene rings is 2. The summed E-state index contributed by atoms with van der Waals surface area (Å²) in [4.78, 5) is 34.7. The van der Waals surface area contributed by atoms with Crippen LogP contribution in [0.15, 0.2) is 52.1 Å². The number of carbonyl (C=O) groups is 1. The smallest absolute Gasteiger partial charge is 0.323 e. The molecule has 0 atom stereocenters. The molecule has 0 aromatic carbocycles. The minimum atomic E-state index is -1.10. The summed E-state index contributed by atoms with van der Waals surface area (Å²) in [6.45, 7) is -0.465. The predicted octanol–water partition coefficient (Wildman–Crippen LogP) is 3.33. The largest absolute Gasteiger partial charge is 0.480 e. The van der Waals surface area contributed by atoms with Crippen molar-refractivity contribution in [1.29, 1.82) is 0 Å². The third-order valence-corrected chi connectivity index (χ3v) is 5.44. The Bertz CT molecular complexity index is 1120. The van der Waals surface area contributed by atoms with E-state index in [-0.39, 0.29) is 11.4 Å². The molecule has 0 fully saturated rings. The minimum absolute atomic E-state index is 0.264. The van der Waals surface area contributed by atoms with Crippen molar-refractivity contribution in [3.63, 3.8) is 0 Å². The second-order valence-corrected chi connectivity index (χ2v) is 7.05. The van der Waals surface area contributed by atoms with E-state index in [2.05, 4.69) is 9.97 Å². The Labute approximate surface area is 149 Å². The van der Waals surface area contributed by atoms with Gasteiger partial charge in [-0.15, -0.1) is 22.7 Å². The lowest BCUT2D eigenvalue weighted by Gasteiger charge is -2.10. The molecule has 0 saturated carbocycles. The summed E-state index contributed by atoms with van der Waals surface area (Å²) in [6.07, 6.45) is 1.59.